The Hall–Kier alpha value is -0.830. The first-order valence-electron chi connectivity index (χ1n) is 5.20. The van der Waals surface area contributed by atoms with Gasteiger partial charge >= 0.3 is 12.0 Å². The molecule has 1 fully saturated rings. The summed E-state index contributed by atoms with van der Waals surface area (Å²) in [5.41, 5.74) is -0.464. The SMILES string of the molecule is O=C(Nc1ccc(I)cc1Br)NC1(C(=O)O)CC1. The maximum absolute atomic E-state index is 11.7. The van der Waals surface area contributed by atoms with E-state index >= 15 is 0 Å². The molecule has 3 N–H and O–H groups in total. The van der Waals surface area contributed by atoms with Crippen molar-refractivity contribution in [3.63, 3.8) is 0 Å². The molecule has 0 unspecified atom stereocenters. The molecule has 0 atom stereocenters. The zero-order valence-corrected chi connectivity index (χ0v) is 12.9. The number of rotatable bonds is 3. The molecule has 0 heterocycles. The molecule has 0 aromatic heterocycles. The van der Waals surface area contributed by atoms with Gasteiger partial charge in [-0.3, -0.25) is 0 Å². The van der Waals surface area contributed by atoms with Gasteiger partial charge in [-0.25, -0.2) is 9.59 Å². The van der Waals surface area contributed by atoms with Gasteiger partial charge in [-0.15, -0.1) is 0 Å². The molecule has 2 amide bonds. The normalized spacial score (nSPS) is 15.9. The van der Waals surface area contributed by atoms with Gasteiger partial charge in [0.25, 0.3) is 0 Å². The van der Waals surface area contributed by atoms with Crippen molar-refractivity contribution in [1.29, 1.82) is 0 Å². The first-order chi connectivity index (χ1) is 8.43. The van der Waals surface area contributed by atoms with Crippen LogP contribution in [0.5, 0.6) is 0 Å². The minimum absolute atomic E-state index is 0.476. The smallest absolute Gasteiger partial charge is 0.329 e. The van der Waals surface area contributed by atoms with Crippen LogP contribution in [0.25, 0.3) is 0 Å². The van der Waals surface area contributed by atoms with Crippen molar-refractivity contribution in [2.24, 2.45) is 0 Å². The van der Waals surface area contributed by atoms with Gasteiger partial charge in [0.1, 0.15) is 5.54 Å². The highest BCUT2D eigenvalue weighted by Crippen LogP contribution is 2.35. The van der Waals surface area contributed by atoms with Crippen LogP contribution in [-0.4, -0.2) is 22.6 Å². The molecule has 18 heavy (non-hydrogen) atoms. The molecule has 1 aliphatic carbocycles. The number of carbonyl (C=O) groups excluding carboxylic acids is 1. The van der Waals surface area contributed by atoms with Crippen LogP contribution in [0.4, 0.5) is 10.5 Å². The molecular formula is C11H10BrIN2O3. The predicted molar refractivity (Wildman–Crippen MR) is 78.6 cm³/mol. The van der Waals surface area contributed by atoms with E-state index in [-0.39, 0.29) is 0 Å². The molecule has 0 radical (unpaired) electrons. The quantitative estimate of drug-likeness (QED) is 0.653. The molecule has 1 saturated carbocycles. The fraction of sp³-hybridized carbons (Fsp3) is 0.273. The van der Waals surface area contributed by atoms with E-state index in [9.17, 15) is 9.59 Å². The number of carboxylic acid groups (broad SMARTS) is 1. The van der Waals surface area contributed by atoms with Crippen LogP contribution in [0.3, 0.4) is 0 Å². The maximum Gasteiger partial charge on any atom is 0.329 e. The van der Waals surface area contributed by atoms with Crippen molar-refractivity contribution in [3.05, 3.63) is 26.2 Å². The highest BCUT2D eigenvalue weighted by atomic mass is 127. The highest BCUT2D eigenvalue weighted by Gasteiger charge is 2.51. The third-order valence-corrected chi connectivity index (χ3v) is 4.02. The zero-order valence-electron chi connectivity index (χ0n) is 9.17. The van der Waals surface area contributed by atoms with E-state index in [0.29, 0.717) is 18.5 Å². The lowest BCUT2D eigenvalue weighted by Gasteiger charge is -2.14. The molecule has 5 nitrogen and oxygen atoms in total. The summed E-state index contributed by atoms with van der Waals surface area (Å²) in [6, 6.07) is 4.97. The lowest BCUT2D eigenvalue weighted by atomic mass is 10.3. The van der Waals surface area contributed by atoms with Gasteiger partial charge in [-0.05, 0) is 69.6 Å². The van der Waals surface area contributed by atoms with E-state index < -0.39 is 17.5 Å². The van der Waals surface area contributed by atoms with Crippen molar-refractivity contribution in [2.45, 2.75) is 18.4 Å². The van der Waals surface area contributed by atoms with E-state index in [1.807, 2.05) is 12.1 Å². The average Bonchev–Trinajstić information content (AvgIpc) is 3.03. The van der Waals surface area contributed by atoms with Crippen LogP contribution < -0.4 is 10.6 Å². The molecule has 0 spiro atoms. The van der Waals surface area contributed by atoms with Crippen molar-refractivity contribution in [2.75, 3.05) is 5.32 Å². The van der Waals surface area contributed by atoms with Gasteiger partial charge in [0, 0.05) is 8.04 Å². The highest BCUT2D eigenvalue weighted by molar-refractivity contribution is 14.1. The number of hydrogen-bond acceptors (Lipinski definition) is 2. The molecule has 0 bridgehead atoms. The molecule has 7 heteroatoms. The minimum atomic E-state index is -1.07. The Balaban J connectivity index is 2.02. The average molecular weight is 425 g/mol. The van der Waals surface area contributed by atoms with Gasteiger partial charge in [0.15, 0.2) is 0 Å². The second-order valence-electron chi connectivity index (χ2n) is 4.09. The monoisotopic (exact) mass is 424 g/mol. The zero-order chi connectivity index (χ0) is 13.3. The lowest BCUT2D eigenvalue weighted by Crippen LogP contribution is -2.45. The van der Waals surface area contributed by atoms with Gasteiger partial charge in [-0.1, -0.05) is 0 Å². The lowest BCUT2D eigenvalue weighted by molar-refractivity contribution is -0.140. The molecule has 2 rings (SSSR count). The Morgan fingerprint density at radius 3 is 2.56 bits per heavy atom. The van der Waals surface area contributed by atoms with Crippen LogP contribution in [0, 0.1) is 3.57 Å². The summed E-state index contributed by atoms with van der Waals surface area (Å²) in [6.07, 6.45) is 0.952. The molecule has 0 saturated heterocycles. The standard InChI is InChI=1S/C11H10BrIN2O3/c12-7-5-6(13)1-2-8(7)14-10(18)15-11(3-4-11)9(16)17/h1-2,5H,3-4H2,(H,16,17)(H2,14,15,18). The number of carboxylic acids is 1. The van der Waals surface area contributed by atoms with E-state index in [1.165, 1.54) is 0 Å². The van der Waals surface area contributed by atoms with Gasteiger partial charge in [0.05, 0.1) is 5.69 Å². The Morgan fingerprint density at radius 1 is 1.39 bits per heavy atom. The van der Waals surface area contributed by atoms with E-state index in [0.717, 1.165) is 8.04 Å². The summed E-state index contributed by atoms with van der Waals surface area (Å²) < 4.78 is 1.79. The molecular weight excluding hydrogens is 415 g/mol. The summed E-state index contributed by atoms with van der Waals surface area (Å²) >= 11 is 5.50. The first kappa shape index (κ1) is 13.6. The topological polar surface area (TPSA) is 78.4 Å². The van der Waals surface area contributed by atoms with Crippen molar-refractivity contribution in [1.82, 2.24) is 5.32 Å². The summed E-state index contributed by atoms with van der Waals surface area (Å²) in [5, 5.41) is 14.1. The van der Waals surface area contributed by atoms with Crippen LogP contribution >= 0.6 is 38.5 Å². The number of benzene rings is 1. The van der Waals surface area contributed by atoms with Crippen LogP contribution in [-0.2, 0) is 4.79 Å². The van der Waals surface area contributed by atoms with E-state index in [2.05, 4.69) is 49.2 Å². The summed E-state index contributed by atoms with van der Waals surface area (Å²) in [7, 11) is 0. The Kier molecular flexibility index (Phi) is 3.81. The van der Waals surface area contributed by atoms with Crippen molar-refractivity contribution < 1.29 is 14.7 Å². The maximum atomic E-state index is 11.7. The molecule has 1 aliphatic rings. The second-order valence-corrected chi connectivity index (χ2v) is 6.19. The minimum Gasteiger partial charge on any atom is -0.480 e. The number of aliphatic carboxylic acids is 1. The van der Waals surface area contributed by atoms with Crippen LogP contribution in [0.2, 0.25) is 0 Å². The molecule has 96 valence electrons. The van der Waals surface area contributed by atoms with Crippen LogP contribution in [0.15, 0.2) is 22.7 Å². The van der Waals surface area contributed by atoms with E-state index in [1.54, 1.807) is 6.07 Å². The third-order valence-electron chi connectivity index (χ3n) is 2.69. The Morgan fingerprint density at radius 2 is 2.06 bits per heavy atom. The summed E-state index contributed by atoms with van der Waals surface area (Å²) in [6.45, 7) is 0. The third kappa shape index (κ3) is 2.94. The number of halogens is 2. The second kappa shape index (κ2) is 5.04. The first-order valence-corrected chi connectivity index (χ1v) is 7.08. The summed E-state index contributed by atoms with van der Waals surface area (Å²) in [4.78, 5) is 22.6. The fourth-order valence-corrected chi connectivity index (χ4v) is 2.88. The largest absolute Gasteiger partial charge is 0.480 e. The number of carbonyl (C=O) groups is 2. The predicted octanol–water partition coefficient (Wildman–Crippen LogP) is 2.79. The van der Waals surface area contributed by atoms with Gasteiger partial charge in [0.2, 0.25) is 0 Å². The number of urea groups is 1. The number of amides is 2. The van der Waals surface area contributed by atoms with E-state index in [4.69, 9.17) is 5.11 Å². The number of anilines is 1. The van der Waals surface area contributed by atoms with Gasteiger partial charge in [-0.2, -0.15) is 0 Å². The van der Waals surface area contributed by atoms with Crippen LogP contribution in [0.1, 0.15) is 12.8 Å². The summed E-state index contributed by atoms with van der Waals surface area (Å²) in [5.74, 6) is -0.987. The molecule has 1 aromatic carbocycles. The molecule has 1 aromatic rings. The number of nitrogens with one attached hydrogen (secondary N) is 2. The fourth-order valence-electron chi connectivity index (χ4n) is 1.48. The van der Waals surface area contributed by atoms with Crippen molar-refractivity contribution >= 4 is 56.2 Å². The molecule has 0 aliphatic heterocycles. The van der Waals surface area contributed by atoms with Gasteiger partial charge < -0.3 is 15.7 Å². The van der Waals surface area contributed by atoms with Crippen molar-refractivity contribution in [3.8, 4) is 0 Å². The Labute approximate surface area is 126 Å². The Bertz CT molecular complexity index is 517. The number of hydrogen-bond donors (Lipinski definition) is 3.